The third kappa shape index (κ3) is 8.39. The summed E-state index contributed by atoms with van der Waals surface area (Å²) in [4.78, 5) is 34.5. The second kappa shape index (κ2) is 15.1. The zero-order valence-corrected chi connectivity index (χ0v) is 25.0. The van der Waals surface area contributed by atoms with E-state index in [1.54, 1.807) is 4.90 Å². The van der Waals surface area contributed by atoms with Crippen molar-refractivity contribution < 1.29 is 14.3 Å². The number of alkyl carbamates (subject to hydrolysis) is 1. The monoisotopic (exact) mass is 601 g/mol. The number of carbonyl (C=O) groups is 2. The topological polar surface area (TPSA) is 122 Å². The van der Waals surface area contributed by atoms with Crippen molar-refractivity contribution in [2.45, 2.75) is 26.1 Å². The first-order valence-corrected chi connectivity index (χ1v) is 14.7. The van der Waals surface area contributed by atoms with E-state index in [2.05, 4.69) is 16.0 Å². The second-order valence-corrected chi connectivity index (χ2v) is 10.6. The molecule has 0 radical (unpaired) electrons. The highest BCUT2D eigenvalue weighted by Gasteiger charge is 2.33. The van der Waals surface area contributed by atoms with Gasteiger partial charge in [-0.15, -0.1) is 0 Å². The number of nitrogens with zero attached hydrogens (tertiary/aromatic N) is 4. The summed E-state index contributed by atoms with van der Waals surface area (Å²) in [6.45, 7) is 3.72. The van der Waals surface area contributed by atoms with Crippen LogP contribution in [0.5, 0.6) is 0 Å². The Morgan fingerprint density at radius 3 is 2.38 bits per heavy atom. The van der Waals surface area contributed by atoms with Crippen LogP contribution in [0.3, 0.4) is 0 Å². The van der Waals surface area contributed by atoms with Gasteiger partial charge in [0.05, 0.1) is 11.7 Å². The van der Waals surface area contributed by atoms with Gasteiger partial charge in [-0.25, -0.2) is 14.6 Å². The predicted octanol–water partition coefficient (Wildman–Crippen LogP) is 6.07. The fourth-order valence-electron chi connectivity index (χ4n) is 5.11. The van der Waals surface area contributed by atoms with E-state index in [1.807, 2.05) is 127 Å². The molecule has 0 saturated carbocycles. The molecule has 1 unspecified atom stereocenters. The zero-order chi connectivity index (χ0) is 31.4. The number of ether oxygens (including phenoxy) is 1. The molecule has 45 heavy (non-hydrogen) atoms. The fourth-order valence-corrected chi connectivity index (χ4v) is 5.11. The van der Waals surface area contributed by atoms with Crippen molar-refractivity contribution in [1.29, 1.82) is 5.26 Å². The van der Waals surface area contributed by atoms with Crippen LogP contribution in [0.2, 0.25) is 0 Å². The number of nitrogens with one attached hydrogen (secondary N) is 3. The van der Waals surface area contributed by atoms with Gasteiger partial charge in [0.1, 0.15) is 6.61 Å². The largest absolute Gasteiger partial charge is 0.445 e. The summed E-state index contributed by atoms with van der Waals surface area (Å²) < 4.78 is 5.30. The molecule has 0 aromatic heterocycles. The summed E-state index contributed by atoms with van der Waals surface area (Å²) in [5.41, 5.74) is 5.06. The summed E-state index contributed by atoms with van der Waals surface area (Å²) in [5, 5.41) is 18.0. The van der Waals surface area contributed by atoms with Crippen molar-refractivity contribution >= 4 is 29.5 Å². The average molecular weight is 602 g/mol. The average Bonchev–Trinajstić information content (AvgIpc) is 3.08. The smallest absolute Gasteiger partial charge is 0.407 e. The van der Waals surface area contributed by atoms with Crippen LogP contribution in [0.4, 0.5) is 21.0 Å². The standard InChI is InChI=1S/C35H35N7O3/c1-26-11-8-9-18-31(26)40-33(38-25-36)41-19-20-42(32(23-41)29-15-6-3-7-16-29)34(43)39-30-17-10-14-28(21-30)22-37-35(44)45-24-27-12-4-2-5-13-27/h2-18,21,32H,19-20,22-24H2,1H3,(H,37,44)(H,38,40)(H,39,43). The normalized spacial score (nSPS) is 14.7. The lowest BCUT2D eigenvalue weighted by molar-refractivity contribution is 0.135. The molecule has 0 bridgehead atoms. The van der Waals surface area contributed by atoms with E-state index >= 15 is 0 Å². The van der Waals surface area contributed by atoms with Crippen LogP contribution in [-0.2, 0) is 17.9 Å². The Bertz CT molecular complexity index is 1670. The SMILES string of the molecule is Cc1ccccc1N=C(NC#N)N1CCN(C(=O)Nc2cccc(CNC(=O)OCc3ccccc3)c2)C(c2ccccc2)C1. The molecule has 1 fully saturated rings. The molecular weight excluding hydrogens is 566 g/mol. The Morgan fingerprint density at radius 2 is 1.62 bits per heavy atom. The van der Waals surface area contributed by atoms with Crippen LogP contribution in [-0.4, -0.2) is 47.5 Å². The van der Waals surface area contributed by atoms with Crippen molar-refractivity contribution in [2.75, 3.05) is 25.0 Å². The first kappa shape index (κ1) is 30.6. The Labute approximate surface area is 263 Å². The Kier molecular flexibility index (Phi) is 10.3. The second-order valence-electron chi connectivity index (χ2n) is 10.6. The van der Waals surface area contributed by atoms with Gasteiger partial charge in [0.15, 0.2) is 6.19 Å². The fraction of sp³-hybridized carbons (Fsp3) is 0.200. The molecule has 1 aliphatic rings. The molecule has 5 rings (SSSR count). The minimum absolute atomic E-state index is 0.185. The summed E-state index contributed by atoms with van der Waals surface area (Å²) in [6, 6.07) is 33.8. The molecule has 228 valence electrons. The number of piperazine rings is 1. The quantitative estimate of drug-likeness (QED) is 0.102. The van der Waals surface area contributed by atoms with Gasteiger partial charge < -0.3 is 25.2 Å². The number of nitriles is 1. The number of rotatable bonds is 7. The highest BCUT2D eigenvalue weighted by molar-refractivity contribution is 5.90. The van der Waals surface area contributed by atoms with Crippen LogP contribution >= 0.6 is 0 Å². The van der Waals surface area contributed by atoms with Crippen LogP contribution in [0.15, 0.2) is 114 Å². The molecule has 1 aliphatic heterocycles. The van der Waals surface area contributed by atoms with Crippen molar-refractivity contribution in [3.63, 3.8) is 0 Å². The molecule has 10 nitrogen and oxygen atoms in total. The Hall–Kier alpha value is -5.82. The van der Waals surface area contributed by atoms with Gasteiger partial charge >= 0.3 is 12.1 Å². The number of hydrogen-bond acceptors (Lipinski definition) is 5. The minimum Gasteiger partial charge on any atom is -0.445 e. The van der Waals surface area contributed by atoms with E-state index in [-0.39, 0.29) is 25.2 Å². The minimum atomic E-state index is -0.520. The molecular formula is C35H35N7O3. The molecule has 0 aliphatic carbocycles. The third-order valence-corrected chi connectivity index (χ3v) is 7.46. The molecule has 3 N–H and O–H groups in total. The van der Waals surface area contributed by atoms with Crippen LogP contribution in [0.1, 0.15) is 28.3 Å². The number of aliphatic imine (C=N–C) groups is 1. The number of amides is 3. The number of urea groups is 1. The van der Waals surface area contributed by atoms with Gasteiger partial charge in [0.25, 0.3) is 0 Å². The van der Waals surface area contributed by atoms with Gasteiger partial charge in [-0.05, 0) is 47.4 Å². The number of anilines is 1. The Balaban J connectivity index is 1.25. The summed E-state index contributed by atoms with van der Waals surface area (Å²) >= 11 is 0. The van der Waals surface area contributed by atoms with Crippen LogP contribution in [0, 0.1) is 18.4 Å². The maximum atomic E-state index is 13.7. The molecule has 1 saturated heterocycles. The van der Waals surface area contributed by atoms with Gasteiger partial charge in [-0.2, -0.15) is 5.26 Å². The van der Waals surface area contributed by atoms with E-state index in [0.717, 1.165) is 27.9 Å². The van der Waals surface area contributed by atoms with Crippen molar-refractivity contribution in [3.8, 4) is 6.19 Å². The maximum absolute atomic E-state index is 13.7. The Morgan fingerprint density at radius 1 is 0.911 bits per heavy atom. The number of aryl methyl sites for hydroxylation is 1. The van der Waals surface area contributed by atoms with Crippen LogP contribution < -0.4 is 16.0 Å². The predicted molar refractivity (Wildman–Crippen MR) is 173 cm³/mol. The van der Waals surface area contributed by atoms with Gasteiger partial charge in [0.2, 0.25) is 5.96 Å². The van der Waals surface area contributed by atoms with Crippen molar-refractivity contribution in [2.24, 2.45) is 4.99 Å². The molecule has 0 spiro atoms. The number of carbonyl (C=O) groups excluding carboxylic acids is 2. The maximum Gasteiger partial charge on any atom is 0.407 e. The number of para-hydroxylation sites is 1. The number of guanidine groups is 1. The highest BCUT2D eigenvalue weighted by Crippen LogP contribution is 2.27. The van der Waals surface area contributed by atoms with Crippen LogP contribution in [0.25, 0.3) is 0 Å². The van der Waals surface area contributed by atoms with Gasteiger partial charge in [0, 0.05) is 31.9 Å². The lowest BCUT2D eigenvalue weighted by atomic mass is 10.0. The molecule has 4 aromatic carbocycles. The van der Waals surface area contributed by atoms with E-state index in [4.69, 9.17) is 9.73 Å². The summed E-state index contributed by atoms with van der Waals surface area (Å²) in [5.74, 6) is 0.440. The summed E-state index contributed by atoms with van der Waals surface area (Å²) in [6.07, 6.45) is 1.49. The van der Waals surface area contributed by atoms with E-state index in [1.165, 1.54) is 0 Å². The van der Waals surface area contributed by atoms with E-state index in [0.29, 0.717) is 31.3 Å². The lowest BCUT2D eigenvalue weighted by Gasteiger charge is -2.42. The van der Waals surface area contributed by atoms with Gasteiger partial charge in [-0.3, -0.25) is 5.32 Å². The first-order valence-electron chi connectivity index (χ1n) is 14.7. The third-order valence-electron chi connectivity index (χ3n) is 7.46. The zero-order valence-electron chi connectivity index (χ0n) is 25.0. The van der Waals surface area contributed by atoms with E-state index in [9.17, 15) is 14.9 Å². The van der Waals surface area contributed by atoms with Gasteiger partial charge in [-0.1, -0.05) is 91.0 Å². The van der Waals surface area contributed by atoms with Crippen molar-refractivity contribution in [3.05, 3.63) is 131 Å². The van der Waals surface area contributed by atoms with Crippen molar-refractivity contribution in [1.82, 2.24) is 20.4 Å². The molecule has 1 atom stereocenters. The van der Waals surface area contributed by atoms with E-state index < -0.39 is 6.09 Å². The highest BCUT2D eigenvalue weighted by atomic mass is 16.5. The first-order chi connectivity index (χ1) is 22.0. The molecule has 10 heteroatoms. The molecule has 3 amide bonds. The lowest BCUT2D eigenvalue weighted by Crippen LogP contribution is -2.55. The molecule has 4 aromatic rings. The molecule has 1 heterocycles. The number of benzene rings is 4. The summed E-state index contributed by atoms with van der Waals surface area (Å²) in [7, 11) is 0. The number of hydrogen-bond donors (Lipinski definition) is 3.